The minimum atomic E-state index is -6.36. The predicted molar refractivity (Wildman–Crippen MR) is 158 cm³/mol. The van der Waals surface area contributed by atoms with Gasteiger partial charge < -0.3 is 85.3 Å². The number of aromatic nitrogens is 4. The lowest BCUT2D eigenvalue weighted by molar-refractivity contribution is -0.252. The molecule has 4 aliphatic heterocycles. The van der Waals surface area contributed by atoms with E-state index in [1.807, 2.05) is 0 Å². The lowest BCUT2D eigenvalue weighted by atomic mass is 10.1. The largest absolute Gasteiger partial charge is 0.756 e. The summed E-state index contributed by atoms with van der Waals surface area (Å²) in [7, 11) is -16.8. The topological polar surface area (TPSA) is 423 Å². The number of hydrogen-bond acceptors (Lipinski definition) is 26. The van der Waals surface area contributed by atoms with Crippen LogP contribution in [0.2, 0.25) is 0 Å². The van der Waals surface area contributed by atoms with Crippen molar-refractivity contribution in [1.82, 2.24) is 34.6 Å². The van der Waals surface area contributed by atoms with Crippen molar-refractivity contribution in [1.29, 1.82) is 0 Å². The van der Waals surface area contributed by atoms with Crippen LogP contribution in [-0.2, 0) is 40.8 Å². The summed E-state index contributed by atoms with van der Waals surface area (Å²) < 4.78 is 65.3. The Morgan fingerprint density at radius 2 is 1.48 bits per heavy atom. The molecule has 290 valence electrons. The molecule has 0 aliphatic carbocycles. The quantitative estimate of drug-likeness (QED) is 0.0900. The van der Waals surface area contributed by atoms with Crippen LogP contribution in [0.5, 0.6) is 0 Å². The Kier molecular flexibility index (Phi) is 10.4. The zero-order valence-electron chi connectivity index (χ0n) is 26.1. The number of aliphatic imine (C=N–C) groups is 1. The number of rotatable bonds is 12. The molecular formula is C21H30N10O18P3-3. The first-order chi connectivity index (χ1) is 24.2. The molecule has 4 aliphatic rings. The second-order valence-electron chi connectivity index (χ2n) is 11.5. The SMILES string of the molecule is CN1CN([C@@H]2O[C@H](COP(=O)([O-])OP(=O)([O-])OP(=O)([O-])OC[C@H]3O[C@@H](n4cnc5c(=O)[nH]c(N)nc54)C(O)C3O)C(O)[C@@H]2O)C2=C1C(O)N=C(N)N2. The van der Waals surface area contributed by atoms with Crippen LogP contribution in [0, 0.1) is 0 Å². The Bertz CT molecular complexity index is 1980. The Balaban J connectivity index is 1.02. The zero-order chi connectivity index (χ0) is 38.1. The van der Waals surface area contributed by atoms with E-state index in [0.29, 0.717) is 0 Å². The standard InChI is InChI=1S/C21H33N10O18P3/c1-29-5-31(15-9(29)17(37)28-21(23)26-15)19-13(35)11(33)7(47-19)3-45-51(40,41)49-52(42,43)48-50(38,39)44-2-6-10(32)12(34)18(46-6)30-4-24-8-14(30)25-20(22)27-16(8)36/h4,6-7,10-13,17-19,32-35,37H,2-3,5H2,1H3,(H,38,39)(H,40,41)(H,42,43)(H3,23,26,28)(H3,22,25,27,36)/p-3/t6-,7-,10?,11?,12?,13+,17?,18-,19-/m1/s1. The molecule has 0 bridgehead atoms. The van der Waals surface area contributed by atoms with Gasteiger partial charge in [-0.05, 0) is 0 Å². The number of H-pyrrole nitrogens is 1. The number of phosphoric ester groups is 2. The number of hydrogen-bond donors (Lipinski definition) is 9. The second-order valence-corrected chi connectivity index (χ2v) is 16.0. The van der Waals surface area contributed by atoms with E-state index < -0.39 is 97.5 Å². The first-order valence-corrected chi connectivity index (χ1v) is 19.0. The highest BCUT2D eigenvalue weighted by atomic mass is 31.3. The molecule has 6 heterocycles. The third-order valence-electron chi connectivity index (χ3n) is 7.96. The molecule has 7 unspecified atom stereocenters. The molecule has 28 nitrogen and oxygen atoms in total. The van der Waals surface area contributed by atoms with E-state index in [-0.39, 0.29) is 41.3 Å². The Hall–Kier alpha value is -3.11. The number of aliphatic hydroxyl groups is 5. The number of nitrogens with zero attached hydrogens (tertiary/aromatic N) is 6. The fourth-order valence-corrected chi connectivity index (χ4v) is 9.08. The van der Waals surface area contributed by atoms with Gasteiger partial charge in [0.05, 0.1) is 26.2 Å². The number of anilines is 1. The Morgan fingerprint density at radius 3 is 2.08 bits per heavy atom. The third-order valence-corrected chi connectivity index (χ3v) is 12.1. The van der Waals surface area contributed by atoms with Crippen molar-refractivity contribution in [3.05, 3.63) is 28.2 Å². The van der Waals surface area contributed by atoms with E-state index in [4.69, 9.17) is 20.9 Å². The summed E-state index contributed by atoms with van der Waals surface area (Å²) in [6, 6.07) is 0. The van der Waals surface area contributed by atoms with Crippen LogP contribution in [0.15, 0.2) is 27.6 Å². The number of nitrogens with two attached hydrogens (primary N) is 2. The molecule has 0 spiro atoms. The molecule has 11 N–H and O–H groups in total. The summed E-state index contributed by atoms with van der Waals surface area (Å²) in [5.74, 6) is -0.347. The first-order valence-electron chi connectivity index (χ1n) is 14.6. The third kappa shape index (κ3) is 7.61. The highest BCUT2D eigenvalue weighted by Crippen LogP contribution is 2.63. The molecule has 0 saturated carbocycles. The van der Waals surface area contributed by atoms with Crippen molar-refractivity contribution >= 4 is 46.5 Å². The number of fused-ring (bicyclic) bond motifs is 1. The summed E-state index contributed by atoms with van der Waals surface area (Å²) in [6.45, 7) is -2.37. The summed E-state index contributed by atoms with van der Waals surface area (Å²) in [5, 5.41) is 54.9. The van der Waals surface area contributed by atoms with Gasteiger partial charge in [0.2, 0.25) is 5.95 Å². The lowest BCUT2D eigenvalue weighted by Crippen LogP contribution is -2.48. The maximum atomic E-state index is 12.3. The lowest BCUT2D eigenvalue weighted by Gasteiger charge is -2.35. The van der Waals surface area contributed by atoms with Crippen LogP contribution >= 0.6 is 23.5 Å². The van der Waals surface area contributed by atoms with Gasteiger partial charge in [-0.25, -0.2) is 18.6 Å². The van der Waals surface area contributed by atoms with Crippen molar-refractivity contribution in [3.8, 4) is 0 Å². The number of ether oxygens (including phenoxy) is 2. The molecule has 0 radical (unpaired) electrons. The molecule has 31 heteroatoms. The minimum absolute atomic E-state index is 0.0270. The zero-order valence-corrected chi connectivity index (χ0v) is 28.8. The van der Waals surface area contributed by atoms with Crippen LogP contribution in [0.1, 0.15) is 6.23 Å². The van der Waals surface area contributed by atoms with E-state index in [2.05, 4.69) is 42.9 Å². The van der Waals surface area contributed by atoms with Gasteiger partial charge in [0.1, 0.15) is 48.1 Å². The molecule has 2 aromatic heterocycles. The molecule has 2 fully saturated rings. The average molecular weight is 803 g/mol. The number of nitrogen functional groups attached to an aromatic ring is 1. The van der Waals surface area contributed by atoms with Gasteiger partial charge in [-0.2, -0.15) is 4.98 Å². The van der Waals surface area contributed by atoms with Crippen molar-refractivity contribution in [2.45, 2.75) is 55.3 Å². The van der Waals surface area contributed by atoms with Crippen LogP contribution in [-0.4, -0.2) is 137 Å². The number of aliphatic hydroxyl groups excluding tert-OH is 5. The maximum Gasteiger partial charge on any atom is 0.280 e. The van der Waals surface area contributed by atoms with Crippen LogP contribution < -0.4 is 37.0 Å². The van der Waals surface area contributed by atoms with E-state index in [0.717, 1.165) is 10.9 Å². The molecule has 0 aromatic carbocycles. The molecule has 6 rings (SSSR count). The average Bonchev–Trinajstić information content (AvgIpc) is 3.74. The summed E-state index contributed by atoms with van der Waals surface area (Å²) in [4.78, 5) is 65.4. The minimum Gasteiger partial charge on any atom is -0.756 e. The van der Waals surface area contributed by atoms with Crippen molar-refractivity contribution in [3.63, 3.8) is 0 Å². The second kappa shape index (κ2) is 13.9. The van der Waals surface area contributed by atoms with E-state index >= 15 is 0 Å². The van der Waals surface area contributed by atoms with Crippen LogP contribution in [0.4, 0.5) is 5.95 Å². The van der Waals surface area contributed by atoms with Crippen LogP contribution in [0.3, 0.4) is 0 Å². The molecular weight excluding hydrogens is 773 g/mol. The van der Waals surface area contributed by atoms with Crippen LogP contribution in [0.25, 0.3) is 11.2 Å². The normalized spacial score (nSPS) is 34.2. The molecule has 12 atom stereocenters. The number of aromatic amines is 1. The van der Waals surface area contributed by atoms with Gasteiger partial charge in [-0.1, -0.05) is 0 Å². The number of imidazole rings is 1. The summed E-state index contributed by atoms with van der Waals surface area (Å²) in [5.41, 5.74) is 10.3. The van der Waals surface area contributed by atoms with Gasteiger partial charge in [0.15, 0.2) is 35.8 Å². The van der Waals surface area contributed by atoms with Gasteiger partial charge >= 0.3 is 0 Å². The monoisotopic (exact) mass is 803 g/mol. The predicted octanol–water partition coefficient (Wildman–Crippen LogP) is -7.15. The summed E-state index contributed by atoms with van der Waals surface area (Å²) in [6.07, 6.45) is -13.8. The number of phosphoric acid groups is 3. The first kappa shape index (κ1) is 38.6. The van der Waals surface area contributed by atoms with Gasteiger partial charge in [0.25, 0.3) is 29.0 Å². The highest BCUT2D eigenvalue weighted by Gasteiger charge is 2.50. The highest BCUT2D eigenvalue weighted by molar-refractivity contribution is 7.65. The number of likely N-dealkylation sites (N-methyl/N-ethyl adjacent to an activating group) is 1. The molecule has 52 heavy (non-hydrogen) atoms. The fraction of sp³-hybridized carbons (Fsp3) is 0.619. The van der Waals surface area contributed by atoms with Crippen molar-refractivity contribution in [2.24, 2.45) is 10.7 Å². The molecule has 2 saturated heterocycles. The van der Waals surface area contributed by atoms with Gasteiger partial charge in [-0.3, -0.25) is 28.0 Å². The van der Waals surface area contributed by atoms with Gasteiger partial charge in [0, 0.05) is 7.05 Å². The van der Waals surface area contributed by atoms with E-state index in [9.17, 15) is 58.7 Å². The number of nitrogens with one attached hydrogen (secondary N) is 2. The smallest absolute Gasteiger partial charge is 0.280 e. The molecule has 0 amide bonds. The van der Waals surface area contributed by atoms with Crippen molar-refractivity contribution in [2.75, 3.05) is 32.7 Å². The fourth-order valence-electron chi connectivity index (χ4n) is 5.70. The van der Waals surface area contributed by atoms with Crippen molar-refractivity contribution < 1.29 is 81.1 Å². The molecule has 2 aromatic rings. The van der Waals surface area contributed by atoms with E-state index in [1.54, 1.807) is 7.05 Å². The Labute approximate surface area is 289 Å². The Morgan fingerprint density at radius 1 is 0.923 bits per heavy atom. The number of guanidine groups is 1. The van der Waals surface area contributed by atoms with E-state index in [1.165, 1.54) is 9.80 Å². The maximum absolute atomic E-state index is 12.3. The van der Waals surface area contributed by atoms with Gasteiger partial charge in [-0.15, -0.1) is 0 Å². The summed E-state index contributed by atoms with van der Waals surface area (Å²) >= 11 is 0.